The number of fused-ring (bicyclic) bond motifs is 1. The van der Waals surface area contributed by atoms with Gasteiger partial charge < -0.3 is 15.8 Å². The van der Waals surface area contributed by atoms with E-state index < -0.39 is 10.0 Å². The summed E-state index contributed by atoms with van der Waals surface area (Å²) in [5.74, 6) is 0. The maximum Gasteiger partial charge on any atom is 0.245 e. The number of hydrogen-bond acceptors (Lipinski definition) is 4. The largest absolute Gasteiger partial charge is 0.399 e. The molecule has 7 heteroatoms. The van der Waals surface area contributed by atoms with E-state index in [1.165, 1.54) is 13.2 Å². The van der Waals surface area contributed by atoms with Crippen LogP contribution >= 0.6 is 0 Å². The number of aromatic amines is 1. The van der Waals surface area contributed by atoms with Gasteiger partial charge in [0.05, 0.1) is 6.61 Å². The standard InChI is InChI=1S/C11H15N3O3S/c1-14(4-5-15)18(16,17)11-7-13-10-6-8(12)2-3-9(10)11/h2-3,6-7,13,15H,4-5,12H2,1H3. The Bertz CT molecular complexity index is 663. The van der Waals surface area contributed by atoms with Crippen LogP contribution in [0.1, 0.15) is 0 Å². The van der Waals surface area contributed by atoms with Gasteiger partial charge in [0.1, 0.15) is 4.90 Å². The zero-order valence-corrected chi connectivity index (χ0v) is 10.7. The number of nitrogens with two attached hydrogens (primary N) is 1. The normalized spacial score (nSPS) is 12.4. The van der Waals surface area contributed by atoms with Crippen LogP contribution < -0.4 is 5.73 Å². The van der Waals surface area contributed by atoms with Crippen LogP contribution in [0.25, 0.3) is 10.9 Å². The van der Waals surface area contributed by atoms with Gasteiger partial charge >= 0.3 is 0 Å². The van der Waals surface area contributed by atoms with Gasteiger partial charge in [-0.2, -0.15) is 4.31 Å². The molecule has 0 aliphatic carbocycles. The van der Waals surface area contributed by atoms with E-state index in [-0.39, 0.29) is 18.0 Å². The average Bonchev–Trinajstić information content (AvgIpc) is 2.72. The number of aliphatic hydroxyl groups excluding tert-OH is 1. The number of aromatic nitrogens is 1. The third kappa shape index (κ3) is 2.07. The molecule has 0 saturated carbocycles. The molecule has 0 spiro atoms. The number of nitrogens with one attached hydrogen (secondary N) is 1. The lowest BCUT2D eigenvalue weighted by molar-refractivity contribution is 0.266. The van der Waals surface area contributed by atoms with Crippen LogP contribution in [0.5, 0.6) is 0 Å². The van der Waals surface area contributed by atoms with Crippen LogP contribution in [0.2, 0.25) is 0 Å². The van der Waals surface area contributed by atoms with Crippen molar-refractivity contribution >= 4 is 26.6 Å². The fraction of sp³-hybridized carbons (Fsp3) is 0.273. The van der Waals surface area contributed by atoms with E-state index in [4.69, 9.17) is 10.8 Å². The number of hydrogen-bond donors (Lipinski definition) is 3. The molecule has 98 valence electrons. The molecule has 0 radical (unpaired) electrons. The van der Waals surface area contributed by atoms with Crippen molar-refractivity contribution in [3.63, 3.8) is 0 Å². The Morgan fingerprint density at radius 3 is 2.83 bits per heavy atom. The van der Waals surface area contributed by atoms with E-state index in [9.17, 15) is 8.42 Å². The molecule has 4 N–H and O–H groups in total. The number of sulfonamides is 1. The van der Waals surface area contributed by atoms with Crippen molar-refractivity contribution in [3.8, 4) is 0 Å². The van der Waals surface area contributed by atoms with Crippen LogP contribution in [0.15, 0.2) is 29.3 Å². The number of H-pyrrole nitrogens is 1. The number of nitrogen functional groups attached to an aromatic ring is 1. The summed E-state index contributed by atoms with van der Waals surface area (Å²) < 4.78 is 25.6. The molecule has 1 heterocycles. The van der Waals surface area contributed by atoms with E-state index in [0.29, 0.717) is 16.6 Å². The average molecular weight is 269 g/mol. The number of likely N-dealkylation sites (N-methyl/N-ethyl adjacent to an activating group) is 1. The molecule has 0 amide bonds. The summed E-state index contributed by atoms with van der Waals surface area (Å²) >= 11 is 0. The minimum absolute atomic E-state index is 0.0595. The van der Waals surface area contributed by atoms with Gasteiger partial charge in [-0.05, 0) is 18.2 Å². The van der Waals surface area contributed by atoms with Crippen LogP contribution in [0.3, 0.4) is 0 Å². The highest BCUT2D eigenvalue weighted by molar-refractivity contribution is 7.89. The Morgan fingerprint density at radius 1 is 1.44 bits per heavy atom. The molecule has 0 aliphatic heterocycles. The van der Waals surface area contributed by atoms with Crippen LogP contribution in [-0.4, -0.2) is 43.0 Å². The van der Waals surface area contributed by atoms with Crippen LogP contribution in [0.4, 0.5) is 5.69 Å². The minimum Gasteiger partial charge on any atom is -0.399 e. The van der Waals surface area contributed by atoms with Crippen molar-refractivity contribution in [2.75, 3.05) is 25.9 Å². The van der Waals surface area contributed by atoms with E-state index in [0.717, 1.165) is 4.31 Å². The molecular formula is C11H15N3O3S. The first-order valence-electron chi connectivity index (χ1n) is 5.40. The predicted octanol–water partition coefficient (Wildman–Crippen LogP) is 0.363. The molecule has 2 aromatic rings. The first kappa shape index (κ1) is 12.9. The summed E-state index contributed by atoms with van der Waals surface area (Å²) in [5, 5.41) is 9.41. The van der Waals surface area contributed by atoms with Crippen molar-refractivity contribution in [2.45, 2.75) is 4.90 Å². The molecule has 0 saturated heterocycles. The number of rotatable bonds is 4. The van der Waals surface area contributed by atoms with E-state index >= 15 is 0 Å². The highest BCUT2D eigenvalue weighted by atomic mass is 32.2. The summed E-state index contributed by atoms with van der Waals surface area (Å²) in [6.07, 6.45) is 1.44. The zero-order valence-electron chi connectivity index (χ0n) is 9.92. The van der Waals surface area contributed by atoms with Crippen molar-refractivity contribution in [2.24, 2.45) is 0 Å². The van der Waals surface area contributed by atoms with Crippen LogP contribution in [-0.2, 0) is 10.0 Å². The fourth-order valence-corrected chi connectivity index (χ4v) is 3.08. The molecule has 2 rings (SSSR count). The molecule has 0 bridgehead atoms. The van der Waals surface area contributed by atoms with Gasteiger partial charge in [-0.25, -0.2) is 8.42 Å². The van der Waals surface area contributed by atoms with Gasteiger partial charge in [-0.1, -0.05) is 0 Å². The SMILES string of the molecule is CN(CCO)S(=O)(=O)c1c[nH]c2cc(N)ccc12. The smallest absolute Gasteiger partial charge is 0.245 e. The summed E-state index contributed by atoms with van der Waals surface area (Å²) in [6.45, 7) is -0.158. The summed E-state index contributed by atoms with van der Waals surface area (Å²) in [5.41, 5.74) is 6.88. The van der Waals surface area contributed by atoms with Crippen molar-refractivity contribution in [3.05, 3.63) is 24.4 Å². The Morgan fingerprint density at radius 2 is 2.17 bits per heavy atom. The Kier molecular flexibility index (Phi) is 3.29. The Hall–Kier alpha value is -1.57. The molecule has 0 fully saturated rings. The summed E-state index contributed by atoms with van der Waals surface area (Å²) in [7, 11) is -2.16. The molecule has 0 aliphatic rings. The predicted molar refractivity (Wildman–Crippen MR) is 69.6 cm³/mol. The fourth-order valence-electron chi connectivity index (χ4n) is 1.76. The van der Waals surface area contributed by atoms with Gasteiger partial charge in [0, 0.05) is 36.4 Å². The second-order valence-corrected chi connectivity index (χ2v) is 6.02. The lowest BCUT2D eigenvalue weighted by Crippen LogP contribution is -2.29. The number of nitrogens with zero attached hydrogens (tertiary/aromatic N) is 1. The highest BCUT2D eigenvalue weighted by Crippen LogP contribution is 2.26. The number of benzene rings is 1. The third-order valence-electron chi connectivity index (χ3n) is 2.77. The minimum atomic E-state index is -3.60. The van der Waals surface area contributed by atoms with Crippen molar-refractivity contribution in [1.29, 1.82) is 0 Å². The van der Waals surface area contributed by atoms with Gasteiger partial charge in [0.15, 0.2) is 0 Å². The lowest BCUT2D eigenvalue weighted by Gasteiger charge is -2.14. The number of anilines is 1. The maximum atomic E-state index is 12.2. The maximum absolute atomic E-state index is 12.2. The van der Waals surface area contributed by atoms with E-state index in [2.05, 4.69) is 4.98 Å². The molecule has 18 heavy (non-hydrogen) atoms. The molecule has 1 aromatic heterocycles. The first-order chi connectivity index (χ1) is 8.46. The van der Waals surface area contributed by atoms with E-state index in [1.54, 1.807) is 18.2 Å². The highest BCUT2D eigenvalue weighted by Gasteiger charge is 2.23. The molecule has 6 nitrogen and oxygen atoms in total. The van der Waals surface area contributed by atoms with E-state index in [1.807, 2.05) is 0 Å². The third-order valence-corrected chi connectivity index (χ3v) is 4.67. The molecular weight excluding hydrogens is 254 g/mol. The lowest BCUT2D eigenvalue weighted by atomic mass is 10.2. The topological polar surface area (TPSA) is 99.4 Å². The van der Waals surface area contributed by atoms with Gasteiger partial charge in [-0.3, -0.25) is 0 Å². The molecule has 0 unspecified atom stereocenters. The number of aliphatic hydroxyl groups is 1. The second-order valence-electron chi connectivity index (χ2n) is 4.01. The Balaban J connectivity index is 2.55. The summed E-state index contributed by atoms with van der Waals surface area (Å²) in [4.78, 5) is 3.07. The quantitative estimate of drug-likeness (QED) is 0.698. The monoisotopic (exact) mass is 269 g/mol. The van der Waals surface area contributed by atoms with Crippen molar-refractivity contribution in [1.82, 2.24) is 9.29 Å². The van der Waals surface area contributed by atoms with Gasteiger partial charge in [-0.15, -0.1) is 0 Å². The zero-order chi connectivity index (χ0) is 13.3. The van der Waals surface area contributed by atoms with Crippen LogP contribution in [0, 0.1) is 0 Å². The second kappa shape index (κ2) is 4.60. The molecule has 1 aromatic carbocycles. The first-order valence-corrected chi connectivity index (χ1v) is 6.84. The molecule has 0 atom stereocenters. The van der Waals surface area contributed by atoms with Gasteiger partial charge in [0.25, 0.3) is 0 Å². The summed E-state index contributed by atoms with van der Waals surface area (Å²) in [6, 6.07) is 5.00. The Labute approximate surface area is 105 Å². The van der Waals surface area contributed by atoms with Gasteiger partial charge in [0.2, 0.25) is 10.0 Å². The van der Waals surface area contributed by atoms with Crippen molar-refractivity contribution < 1.29 is 13.5 Å².